The molecule has 0 bridgehead atoms. The van der Waals surface area contributed by atoms with Gasteiger partial charge in [-0.2, -0.15) is 0 Å². The topological polar surface area (TPSA) is 43.1 Å². The number of pyridine rings is 1. The van der Waals surface area contributed by atoms with Crippen LogP contribution < -0.4 is 0 Å². The van der Waals surface area contributed by atoms with E-state index in [1.807, 2.05) is 43.3 Å². The van der Waals surface area contributed by atoms with Crippen molar-refractivity contribution in [1.29, 1.82) is 0 Å². The number of fused-ring (bicyclic) bond motifs is 1. The molecule has 0 spiro atoms. The van der Waals surface area contributed by atoms with Crippen LogP contribution in [0.1, 0.15) is 28.1 Å². The van der Waals surface area contributed by atoms with Gasteiger partial charge < -0.3 is 4.42 Å². The third-order valence-electron chi connectivity index (χ3n) is 3.41. The van der Waals surface area contributed by atoms with Gasteiger partial charge in [0.05, 0.1) is 0 Å². The Balaban J connectivity index is 1.77. The molecule has 0 radical (unpaired) electrons. The minimum Gasteiger partial charge on any atom is -0.453 e. The van der Waals surface area contributed by atoms with Crippen LogP contribution >= 0.6 is 0 Å². The Morgan fingerprint density at radius 3 is 2.75 bits per heavy atom. The second kappa shape index (κ2) is 5.29. The Morgan fingerprint density at radius 2 is 2.00 bits per heavy atom. The van der Waals surface area contributed by atoms with Crippen molar-refractivity contribution >= 4 is 16.8 Å². The smallest absolute Gasteiger partial charge is 0.198 e. The number of hydrogen-bond acceptors (Lipinski definition) is 3. The van der Waals surface area contributed by atoms with Crippen LogP contribution in [0.25, 0.3) is 11.0 Å². The van der Waals surface area contributed by atoms with Crippen LogP contribution in [0.3, 0.4) is 0 Å². The summed E-state index contributed by atoms with van der Waals surface area (Å²) in [5, 5.41) is 0.984. The highest BCUT2D eigenvalue weighted by Crippen LogP contribution is 2.23. The quantitative estimate of drug-likeness (QED) is 0.671. The van der Waals surface area contributed by atoms with Gasteiger partial charge in [0.2, 0.25) is 0 Å². The maximum absolute atomic E-state index is 12.2. The molecule has 0 fully saturated rings. The maximum atomic E-state index is 12.2. The van der Waals surface area contributed by atoms with E-state index in [2.05, 4.69) is 4.98 Å². The third-order valence-corrected chi connectivity index (χ3v) is 3.41. The fraction of sp³-hybridized carbons (Fsp3) is 0.176. The average Bonchev–Trinajstić information content (AvgIpc) is 2.91. The molecule has 0 saturated carbocycles. The number of carbonyl (C=O) groups is 1. The molecule has 3 aromatic rings. The standard InChI is InChI=1S/C17H15NO2/c1-12-3-2-4-14-11-16(20-17(12)14)15(19)6-5-13-7-9-18-10-8-13/h2-4,7-11H,5-6H2,1H3. The number of aryl methyl sites for hydroxylation is 2. The number of para-hydroxylation sites is 1. The van der Waals surface area contributed by atoms with Gasteiger partial charge >= 0.3 is 0 Å². The lowest BCUT2D eigenvalue weighted by molar-refractivity contribution is 0.0958. The van der Waals surface area contributed by atoms with Crippen molar-refractivity contribution in [3.8, 4) is 0 Å². The van der Waals surface area contributed by atoms with E-state index >= 15 is 0 Å². The Morgan fingerprint density at radius 1 is 1.20 bits per heavy atom. The lowest BCUT2D eigenvalue weighted by Crippen LogP contribution is -1.99. The molecule has 3 nitrogen and oxygen atoms in total. The van der Waals surface area contributed by atoms with Gasteiger partial charge in [-0.15, -0.1) is 0 Å². The van der Waals surface area contributed by atoms with Gasteiger partial charge in [0.15, 0.2) is 11.5 Å². The molecular weight excluding hydrogens is 250 g/mol. The van der Waals surface area contributed by atoms with Gasteiger partial charge in [0, 0.05) is 24.2 Å². The van der Waals surface area contributed by atoms with Gasteiger partial charge in [-0.25, -0.2) is 0 Å². The molecule has 0 N–H and O–H groups in total. The van der Waals surface area contributed by atoms with E-state index in [0.717, 1.165) is 22.1 Å². The number of aromatic nitrogens is 1. The third kappa shape index (κ3) is 2.48. The largest absolute Gasteiger partial charge is 0.453 e. The first kappa shape index (κ1) is 12.6. The van der Waals surface area contributed by atoms with Crippen LogP contribution in [-0.4, -0.2) is 10.8 Å². The summed E-state index contributed by atoms with van der Waals surface area (Å²) in [5.41, 5.74) is 2.97. The van der Waals surface area contributed by atoms with Crippen LogP contribution in [0.2, 0.25) is 0 Å². The molecule has 3 heteroatoms. The minimum absolute atomic E-state index is 0.0393. The Hall–Kier alpha value is -2.42. The summed E-state index contributed by atoms with van der Waals surface area (Å²) in [6.45, 7) is 1.98. The van der Waals surface area contributed by atoms with Crippen LogP contribution in [0.4, 0.5) is 0 Å². The van der Waals surface area contributed by atoms with Crippen molar-refractivity contribution in [3.63, 3.8) is 0 Å². The second-order valence-electron chi connectivity index (χ2n) is 4.88. The van der Waals surface area contributed by atoms with Crippen LogP contribution in [0.15, 0.2) is 53.2 Å². The fourth-order valence-corrected chi connectivity index (χ4v) is 2.28. The van der Waals surface area contributed by atoms with Crippen LogP contribution in [0, 0.1) is 6.92 Å². The number of benzene rings is 1. The first-order chi connectivity index (χ1) is 9.74. The summed E-state index contributed by atoms with van der Waals surface area (Å²) >= 11 is 0. The summed E-state index contributed by atoms with van der Waals surface area (Å²) in [6, 6.07) is 11.6. The fourth-order valence-electron chi connectivity index (χ4n) is 2.28. The van der Waals surface area contributed by atoms with Crippen molar-refractivity contribution < 1.29 is 9.21 Å². The van der Waals surface area contributed by atoms with Gasteiger partial charge in [-0.05, 0) is 42.7 Å². The zero-order chi connectivity index (χ0) is 13.9. The molecule has 2 aromatic heterocycles. The maximum Gasteiger partial charge on any atom is 0.198 e. The van der Waals surface area contributed by atoms with Gasteiger partial charge in [0.25, 0.3) is 0 Å². The summed E-state index contributed by atoms with van der Waals surface area (Å²) in [5.74, 6) is 0.487. The minimum atomic E-state index is 0.0393. The van der Waals surface area contributed by atoms with Crippen molar-refractivity contribution in [1.82, 2.24) is 4.98 Å². The highest BCUT2D eigenvalue weighted by molar-refractivity contribution is 5.98. The predicted octanol–water partition coefficient (Wildman–Crippen LogP) is 3.95. The molecule has 3 rings (SSSR count). The number of Topliss-reactive ketones (excluding diaryl/α,β-unsaturated/α-hetero) is 1. The SMILES string of the molecule is Cc1cccc2cc(C(=O)CCc3ccncc3)oc12. The highest BCUT2D eigenvalue weighted by atomic mass is 16.3. The number of rotatable bonds is 4. The molecule has 0 saturated heterocycles. The van der Waals surface area contributed by atoms with Crippen LogP contribution in [0.5, 0.6) is 0 Å². The van der Waals surface area contributed by atoms with Gasteiger partial charge in [-0.1, -0.05) is 18.2 Å². The molecule has 0 aliphatic carbocycles. The van der Waals surface area contributed by atoms with E-state index in [4.69, 9.17) is 4.42 Å². The molecule has 2 heterocycles. The van der Waals surface area contributed by atoms with Crippen molar-refractivity contribution in [2.24, 2.45) is 0 Å². The zero-order valence-electron chi connectivity index (χ0n) is 11.3. The van der Waals surface area contributed by atoms with E-state index in [1.165, 1.54) is 0 Å². The monoisotopic (exact) mass is 265 g/mol. The second-order valence-corrected chi connectivity index (χ2v) is 4.88. The summed E-state index contributed by atoms with van der Waals surface area (Å²) in [4.78, 5) is 16.2. The Labute approximate surface area is 117 Å². The molecule has 0 unspecified atom stereocenters. The predicted molar refractivity (Wildman–Crippen MR) is 77.8 cm³/mol. The number of carbonyl (C=O) groups excluding carboxylic acids is 1. The number of nitrogens with zero attached hydrogens (tertiary/aromatic N) is 1. The highest BCUT2D eigenvalue weighted by Gasteiger charge is 2.13. The first-order valence-corrected chi connectivity index (χ1v) is 6.65. The number of furan rings is 1. The molecule has 0 atom stereocenters. The van der Waals surface area contributed by atoms with E-state index < -0.39 is 0 Å². The molecule has 20 heavy (non-hydrogen) atoms. The lowest BCUT2D eigenvalue weighted by Gasteiger charge is -1.98. The summed E-state index contributed by atoms with van der Waals surface area (Å²) in [7, 11) is 0. The first-order valence-electron chi connectivity index (χ1n) is 6.65. The number of hydrogen-bond donors (Lipinski definition) is 0. The van der Waals surface area contributed by atoms with E-state index in [9.17, 15) is 4.79 Å². The van der Waals surface area contributed by atoms with Gasteiger partial charge in [-0.3, -0.25) is 9.78 Å². The van der Waals surface area contributed by atoms with E-state index in [-0.39, 0.29) is 5.78 Å². The molecule has 1 aromatic carbocycles. The van der Waals surface area contributed by atoms with Crippen LogP contribution in [-0.2, 0) is 6.42 Å². The summed E-state index contributed by atoms with van der Waals surface area (Å²) in [6.07, 6.45) is 4.63. The van der Waals surface area contributed by atoms with Gasteiger partial charge in [0.1, 0.15) is 5.58 Å². The zero-order valence-corrected chi connectivity index (χ0v) is 11.3. The van der Waals surface area contributed by atoms with E-state index in [1.54, 1.807) is 12.4 Å². The molecule has 0 amide bonds. The normalized spacial score (nSPS) is 10.8. The van der Waals surface area contributed by atoms with Crippen molar-refractivity contribution in [2.75, 3.05) is 0 Å². The van der Waals surface area contributed by atoms with E-state index in [0.29, 0.717) is 18.6 Å². The Bertz CT molecular complexity index is 744. The molecule has 0 aliphatic heterocycles. The molecule has 100 valence electrons. The van der Waals surface area contributed by atoms with Crippen molar-refractivity contribution in [2.45, 2.75) is 19.8 Å². The average molecular weight is 265 g/mol. The molecule has 0 aliphatic rings. The van der Waals surface area contributed by atoms with Crippen molar-refractivity contribution in [3.05, 3.63) is 65.7 Å². The lowest BCUT2D eigenvalue weighted by atomic mass is 10.1. The Kier molecular flexibility index (Phi) is 3.33. The number of ketones is 1. The summed E-state index contributed by atoms with van der Waals surface area (Å²) < 4.78 is 5.69. The molecular formula is C17H15NO2.